The molecule has 0 N–H and O–H groups in total. The van der Waals surface area contributed by atoms with Crippen molar-refractivity contribution in [3.63, 3.8) is 0 Å². The minimum atomic E-state index is 0.103. The van der Waals surface area contributed by atoms with Crippen LogP contribution in [-0.2, 0) is 0 Å². The van der Waals surface area contributed by atoms with Crippen molar-refractivity contribution >= 4 is 57.0 Å². The highest BCUT2D eigenvalue weighted by Gasteiger charge is 2.31. The lowest BCUT2D eigenvalue weighted by Crippen LogP contribution is -2.55. The van der Waals surface area contributed by atoms with Crippen LogP contribution in [-0.4, -0.2) is 13.4 Å². The van der Waals surface area contributed by atoms with Crippen LogP contribution in [0.3, 0.4) is 0 Å². The van der Waals surface area contributed by atoms with Crippen LogP contribution in [0.2, 0.25) is 0 Å². The first-order valence-electron chi connectivity index (χ1n) is 24.2. The highest BCUT2D eigenvalue weighted by molar-refractivity contribution is 6.97. The average Bonchev–Trinajstić information content (AvgIpc) is 3.35. The molecule has 0 saturated carbocycles. The first-order valence-corrected chi connectivity index (χ1v) is 24.2. The quantitative estimate of drug-likeness (QED) is 0.120. The van der Waals surface area contributed by atoms with E-state index in [0.29, 0.717) is 0 Å². The summed E-state index contributed by atoms with van der Waals surface area (Å²) < 4.78 is 0. The number of hydrogen-bond acceptors (Lipinski definition) is 0. The molecule has 0 heterocycles. The zero-order valence-electron chi connectivity index (χ0n) is 40.8. The molecule has 0 aliphatic rings. The van der Waals surface area contributed by atoms with Crippen molar-refractivity contribution in [3.8, 4) is 44.5 Å². The molecule has 0 aliphatic carbocycles. The van der Waals surface area contributed by atoms with Gasteiger partial charge in [-0.2, -0.15) is 0 Å². The first-order chi connectivity index (χ1) is 33.1. The topological polar surface area (TPSA) is 0 Å². The van der Waals surface area contributed by atoms with Crippen molar-refractivity contribution in [2.45, 2.75) is 55.4 Å². The molecule has 10 aromatic carbocycles. The Morgan fingerprint density at radius 1 is 0.206 bits per heavy atom. The van der Waals surface area contributed by atoms with E-state index in [9.17, 15) is 0 Å². The second-order valence-corrected chi connectivity index (χ2v) is 19.1. The highest BCUT2D eigenvalue weighted by atomic mass is 14.3. The lowest BCUT2D eigenvalue weighted by atomic mass is 9.34. The largest absolute Gasteiger partial charge is 0.242 e. The van der Waals surface area contributed by atoms with E-state index in [2.05, 4.69) is 262 Å². The van der Waals surface area contributed by atoms with E-state index in [0.717, 1.165) is 0 Å². The summed E-state index contributed by atoms with van der Waals surface area (Å²) in [4.78, 5) is 0. The Bertz CT molecular complexity index is 3040. The number of benzene rings is 10. The maximum absolute atomic E-state index is 2.40. The van der Waals surface area contributed by atoms with E-state index in [4.69, 9.17) is 0 Å². The number of rotatable bonds is 10. The minimum Gasteiger partial charge on any atom is -0.0686 e. The summed E-state index contributed by atoms with van der Waals surface area (Å²) in [5.41, 5.74) is 28.5. The van der Waals surface area contributed by atoms with Crippen molar-refractivity contribution in [2.24, 2.45) is 0 Å². The van der Waals surface area contributed by atoms with Crippen LogP contribution in [0.5, 0.6) is 0 Å². The molecule has 10 rings (SSSR count). The Kier molecular flexibility index (Phi) is 12.2. The lowest BCUT2D eigenvalue weighted by molar-refractivity contribution is 1.40. The van der Waals surface area contributed by atoms with Crippen molar-refractivity contribution in [1.29, 1.82) is 0 Å². The van der Waals surface area contributed by atoms with Crippen LogP contribution in [0.25, 0.3) is 55.3 Å². The summed E-state index contributed by atoms with van der Waals surface area (Å²) in [7, 11) is 0. The van der Waals surface area contributed by atoms with Crippen LogP contribution < -0.4 is 32.8 Å². The van der Waals surface area contributed by atoms with Crippen LogP contribution in [0.4, 0.5) is 0 Å². The molecule has 0 amide bonds. The molecule has 0 atom stereocenters. The summed E-state index contributed by atoms with van der Waals surface area (Å²) in [5.74, 6) is 0. The van der Waals surface area contributed by atoms with Gasteiger partial charge in [0.1, 0.15) is 0 Å². The smallest absolute Gasteiger partial charge is 0.0686 e. The molecule has 2 heteroatoms. The van der Waals surface area contributed by atoms with Gasteiger partial charge in [0.15, 0.2) is 0 Å². The standard InChI is InChI=1S/C66H58B2/c1-43-21-17-22-44(2)63(43)67(64-45(3)23-18-24-46(64)4)55-39-35-53(36-40-55)59-57-33-15-16-34-58(57)60(62(52-31-13-10-14-32-52)61(59)51-29-11-9-12-30-51)54-37-41-56(42-38-54)68(65-47(5)25-19-26-48(65)6)66-49(7)27-20-28-50(66)8/h9-42H,1-8H3. The van der Waals surface area contributed by atoms with Gasteiger partial charge in [-0.05, 0) is 111 Å². The van der Waals surface area contributed by atoms with Crippen LogP contribution >= 0.6 is 0 Å². The van der Waals surface area contributed by atoms with Gasteiger partial charge in [0.2, 0.25) is 13.4 Å². The van der Waals surface area contributed by atoms with E-state index >= 15 is 0 Å². The normalized spacial score (nSPS) is 11.2. The molecule has 0 aromatic heterocycles. The predicted octanol–water partition coefficient (Wildman–Crippen LogP) is 13.0. The molecule has 0 radical (unpaired) electrons. The molecular weight excluding hydrogens is 814 g/mol. The molecule has 0 aliphatic heterocycles. The Morgan fingerprint density at radius 2 is 0.441 bits per heavy atom. The van der Waals surface area contributed by atoms with Crippen LogP contribution in [0, 0.1) is 55.4 Å². The third-order valence-corrected chi connectivity index (χ3v) is 14.7. The fourth-order valence-corrected chi connectivity index (χ4v) is 11.6. The molecule has 0 spiro atoms. The van der Waals surface area contributed by atoms with Crippen molar-refractivity contribution in [1.82, 2.24) is 0 Å². The van der Waals surface area contributed by atoms with E-state index in [1.54, 1.807) is 0 Å². The highest BCUT2D eigenvalue weighted by Crippen LogP contribution is 2.50. The van der Waals surface area contributed by atoms with Crippen LogP contribution in [0.15, 0.2) is 206 Å². The van der Waals surface area contributed by atoms with E-state index in [1.165, 1.54) is 133 Å². The second-order valence-electron chi connectivity index (χ2n) is 19.1. The molecule has 68 heavy (non-hydrogen) atoms. The maximum Gasteiger partial charge on any atom is 0.242 e. The summed E-state index contributed by atoms with van der Waals surface area (Å²) in [6.45, 7) is 18.4. The first kappa shape index (κ1) is 44.4. The summed E-state index contributed by atoms with van der Waals surface area (Å²) in [6.07, 6.45) is 0. The SMILES string of the molecule is Cc1cccc(C)c1B(c1ccc(-c2c(-c3ccccc3)c(-c3ccccc3)c(-c3ccc(B(c4c(C)cccc4C)c4c(C)cccc4C)cc3)c3ccccc23)cc1)c1c(C)cccc1C. The van der Waals surface area contributed by atoms with Gasteiger partial charge in [-0.1, -0.05) is 284 Å². The lowest BCUT2D eigenvalue weighted by Gasteiger charge is -2.26. The van der Waals surface area contributed by atoms with Gasteiger partial charge in [-0.3, -0.25) is 0 Å². The monoisotopic (exact) mass is 872 g/mol. The Balaban J connectivity index is 1.22. The van der Waals surface area contributed by atoms with Gasteiger partial charge in [0, 0.05) is 0 Å². The molecule has 0 bridgehead atoms. The van der Waals surface area contributed by atoms with Gasteiger partial charge >= 0.3 is 0 Å². The molecule has 10 aromatic rings. The number of hydrogen-bond donors (Lipinski definition) is 0. The third kappa shape index (κ3) is 8.03. The van der Waals surface area contributed by atoms with E-state index in [1.807, 2.05) is 0 Å². The molecule has 0 fully saturated rings. The number of aryl methyl sites for hydroxylation is 8. The zero-order valence-corrected chi connectivity index (χ0v) is 40.8. The fourth-order valence-electron chi connectivity index (χ4n) is 11.6. The van der Waals surface area contributed by atoms with Gasteiger partial charge < -0.3 is 0 Å². The van der Waals surface area contributed by atoms with Gasteiger partial charge in [-0.25, -0.2) is 0 Å². The van der Waals surface area contributed by atoms with Gasteiger partial charge in [-0.15, -0.1) is 0 Å². The molecule has 0 nitrogen and oxygen atoms in total. The molecule has 0 saturated heterocycles. The second kappa shape index (κ2) is 18.7. The molecular formula is C66H58B2. The van der Waals surface area contributed by atoms with Crippen LogP contribution in [0.1, 0.15) is 44.5 Å². The molecule has 328 valence electrons. The average molecular weight is 873 g/mol. The maximum atomic E-state index is 2.40. The van der Waals surface area contributed by atoms with Crippen molar-refractivity contribution in [2.75, 3.05) is 0 Å². The Labute approximate surface area is 405 Å². The fraction of sp³-hybridized carbons (Fsp3) is 0.121. The van der Waals surface area contributed by atoms with E-state index < -0.39 is 0 Å². The Hall–Kier alpha value is -7.41. The van der Waals surface area contributed by atoms with Gasteiger partial charge in [0.25, 0.3) is 0 Å². The summed E-state index contributed by atoms with van der Waals surface area (Å²) in [5, 5.41) is 2.48. The summed E-state index contributed by atoms with van der Waals surface area (Å²) in [6, 6.07) is 77.3. The molecule has 0 unspecified atom stereocenters. The Morgan fingerprint density at radius 3 is 0.706 bits per heavy atom. The van der Waals surface area contributed by atoms with E-state index in [-0.39, 0.29) is 13.4 Å². The number of fused-ring (bicyclic) bond motifs is 1. The minimum absolute atomic E-state index is 0.103. The third-order valence-electron chi connectivity index (χ3n) is 14.7. The zero-order chi connectivity index (χ0) is 47.1. The van der Waals surface area contributed by atoms with Gasteiger partial charge in [0.05, 0.1) is 0 Å². The predicted molar refractivity (Wildman–Crippen MR) is 299 cm³/mol. The summed E-state index contributed by atoms with van der Waals surface area (Å²) >= 11 is 0. The van der Waals surface area contributed by atoms with Crippen molar-refractivity contribution < 1.29 is 0 Å². The van der Waals surface area contributed by atoms with Crippen molar-refractivity contribution in [3.05, 3.63) is 251 Å².